The summed E-state index contributed by atoms with van der Waals surface area (Å²) in [4.78, 5) is 17.0. The van der Waals surface area contributed by atoms with E-state index < -0.39 is 21.1 Å². The Balaban J connectivity index is 1.81. The molecular weight excluding hydrogens is 364 g/mol. The van der Waals surface area contributed by atoms with Gasteiger partial charge in [0.05, 0.1) is 11.5 Å². The molecule has 3 heterocycles. The molecule has 5 rings (SSSR count). The van der Waals surface area contributed by atoms with Crippen LogP contribution >= 0.6 is 0 Å². The van der Waals surface area contributed by atoms with Gasteiger partial charge in [0.2, 0.25) is 0 Å². The van der Waals surface area contributed by atoms with Crippen LogP contribution in [0.25, 0.3) is 22.6 Å². The van der Waals surface area contributed by atoms with Gasteiger partial charge in [0.15, 0.2) is 21.4 Å². The summed E-state index contributed by atoms with van der Waals surface area (Å²) in [6, 6.07) is 16.5. The minimum atomic E-state index is -3.22. The number of sulfone groups is 1. The van der Waals surface area contributed by atoms with Gasteiger partial charge in [-0.2, -0.15) is 10.1 Å². The molecule has 0 saturated carbocycles. The van der Waals surface area contributed by atoms with E-state index in [2.05, 4.69) is 15.4 Å². The Hall–Kier alpha value is -3.00. The maximum absolute atomic E-state index is 12.7. The third kappa shape index (κ3) is 2.48. The van der Waals surface area contributed by atoms with Crippen LogP contribution in [0.15, 0.2) is 59.4 Å². The summed E-state index contributed by atoms with van der Waals surface area (Å²) in [5, 5.41) is 7.96. The zero-order chi connectivity index (χ0) is 18.6. The second kappa shape index (κ2) is 5.50. The fraction of sp³-hybridized carbons (Fsp3) is 0.211. The summed E-state index contributed by atoms with van der Waals surface area (Å²) >= 11 is 0. The van der Waals surface area contributed by atoms with Crippen LogP contribution in [0.1, 0.15) is 6.42 Å². The van der Waals surface area contributed by atoms with E-state index in [1.807, 2.05) is 42.5 Å². The average molecular weight is 380 g/mol. The van der Waals surface area contributed by atoms with Crippen molar-refractivity contribution in [3.05, 3.63) is 65.0 Å². The van der Waals surface area contributed by atoms with Crippen molar-refractivity contribution in [3.63, 3.8) is 0 Å². The number of fused-ring (bicyclic) bond motifs is 4. The third-order valence-electron chi connectivity index (χ3n) is 5.08. The summed E-state index contributed by atoms with van der Waals surface area (Å²) in [5.74, 6) is 0.370. The minimum absolute atomic E-state index is 0.0656. The fourth-order valence-corrected chi connectivity index (χ4v) is 5.68. The number of nitrogens with zero attached hydrogens (tertiary/aromatic N) is 3. The van der Waals surface area contributed by atoms with Crippen molar-refractivity contribution in [2.75, 3.05) is 16.8 Å². The lowest BCUT2D eigenvalue weighted by Crippen LogP contribution is -2.48. The number of aromatic nitrogens is 3. The van der Waals surface area contributed by atoms with E-state index in [0.717, 1.165) is 11.3 Å². The van der Waals surface area contributed by atoms with Crippen LogP contribution in [0.2, 0.25) is 0 Å². The Kier molecular flexibility index (Phi) is 3.30. The van der Waals surface area contributed by atoms with Crippen LogP contribution in [0.4, 0.5) is 5.69 Å². The molecule has 2 aliphatic rings. The van der Waals surface area contributed by atoms with Crippen LogP contribution < -0.4 is 10.9 Å². The number of rotatable bonds is 1. The summed E-state index contributed by atoms with van der Waals surface area (Å²) < 4.78 is 26.2. The van der Waals surface area contributed by atoms with Crippen molar-refractivity contribution >= 4 is 15.5 Å². The van der Waals surface area contributed by atoms with E-state index in [1.165, 1.54) is 0 Å². The zero-order valence-corrected chi connectivity index (χ0v) is 15.1. The third-order valence-corrected chi connectivity index (χ3v) is 6.83. The summed E-state index contributed by atoms with van der Waals surface area (Å²) in [5.41, 5.74) is 0.990. The first-order valence-electron chi connectivity index (χ1n) is 8.63. The highest BCUT2D eigenvalue weighted by molar-refractivity contribution is 7.91. The Morgan fingerprint density at radius 1 is 1.04 bits per heavy atom. The van der Waals surface area contributed by atoms with E-state index >= 15 is 0 Å². The second-order valence-corrected chi connectivity index (χ2v) is 9.10. The molecule has 1 atom stereocenters. The number of benzene rings is 2. The molecule has 3 aromatic rings. The summed E-state index contributed by atoms with van der Waals surface area (Å²) in [6.07, 6.45) is 0.364. The second-order valence-electron chi connectivity index (χ2n) is 6.91. The van der Waals surface area contributed by atoms with Gasteiger partial charge in [-0.1, -0.05) is 42.5 Å². The highest BCUT2D eigenvalue weighted by Gasteiger charge is 2.48. The highest BCUT2D eigenvalue weighted by atomic mass is 32.2. The molecule has 0 amide bonds. The van der Waals surface area contributed by atoms with Crippen molar-refractivity contribution < 1.29 is 8.42 Å². The molecule has 8 heteroatoms. The Labute approximate surface area is 155 Å². The van der Waals surface area contributed by atoms with Gasteiger partial charge in [0.1, 0.15) is 5.66 Å². The first-order chi connectivity index (χ1) is 13.0. The highest BCUT2D eigenvalue weighted by Crippen LogP contribution is 2.41. The molecule has 0 bridgehead atoms. The van der Waals surface area contributed by atoms with Crippen molar-refractivity contribution in [1.82, 2.24) is 14.8 Å². The van der Waals surface area contributed by atoms with Crippen LogP contribution in [0, 0.1) is 0 Å². The van der Waals surface area contributed by atoms with Crippen molar-refractivity contribution in [1.29, 1.82) is 0 Å². The zero-order valence-electron chi connectivity index (χ0n) is 14.3. The molecule has 0 unspecified atom stereocenters. The van der Waals surface area contributed by atoms with E-state index in [1.54, 1.807) is 16.8 Å². The standard InChI is InChI=1S/C19H16N4O3S/c24-18-16(13-6-2-1-3-7-13)22-23-17(20-18)14-8-4-5-9-15(14)21-19(23)10-11-27(25,26)12-19/h1-9,21H,10-12H2/t19-/m1/s1. The number of hydrogen-bond acceptors (Lipinski definition) is 6. The molecule has 2 aliphatic heterocycles. The van der Waals surface area contributed by atoms with Gasteiger partial charge in [-0.3, -0.25) is 4.79 Å². The number of nitrogens with one attached hydrogen (secondary N) is 1. The van der Waals surface area contributed by atoms with Gasteiger partial charge in [0.25, 0.3) is 5.56 Å². The molecule has 7 nitrogen and oxygen atoms in total. The molecule has 1 N–H and O–H groups in total. The monoisotopic (exact) mass is 380 g/mol. The van der Waals surface area contributed by atoms with Gasteiger partial charge in [-0.05, 0) is 12.1 Å². The lowest BCUT2D eigenvalue weighted by Gasteiger charge is -2.38. The molecule has 2 aromatic carbocycles. The van der Waals surface area contributed by atoms with Crippen molar-refractivity contribution in [2.24, 2.45) is 0 Å². The SMILES string of the molecule is O=c1nc2n(nc1-c1ccccc1)[C@@]1(CCS(=O)(=O)C1)Nc1ccccc1-2. The molecule has 0 radical (unpaired) electrons. The molecule has 1 fully saturated rings. The lowest BCUT2D eigenvalue weighted by molar-refractivity contribution is 0.332. The number of para-hydroxylation sites is 1. The van der Waals surface area contributed by atoms with E-state index in [-0.39, 0.29) is 17.2 Å². The number of hydrogen-bond donors (Lipinski definition) is 1. The first-order valence-corrected chi connectivity index (χ1v) is 10.4. The quantitative estimate of drug-likeness (QED) is 0.693. The maximum atomic E-state index is 12.7. The van der Waals surface area contributed by atoms with E-state index in [0.29, 0.717) is 17.8 Å². The Morgan fingerprint density at radius 3 is 2.52 bits per heavy atom. The minimum Gasteiger partial charge on any atom is -0.360 e. The predicted octanol–water partition coefficient (Wildman–Crippen LogP) is 1.87. The lowest BCUT2D eigenvalue weighted by atomic mass is 10.0. The van der Waals surface area contributed by atoms with Crippen LogP contribution in [0.3, 0.4) is 0 Å². The smallest absolute Gasteiger partial charge is 0.300 e. The predicted molar refractivity (Wildman–Crippen MR) is 102 cm³/mol. The fourth-order valence-electron chi connectivity index (χ4n) is 3.83. The van der Waals surface area contributed by atoms with Gasteiger partial charge in [-0.15, -0.1) is 0 Å². The molecule has 27 heavy (non-hydrogen) atoms. The van der Waals surface area contributed by atoms with E-state index in [9.17, 15) is 13.2 Å². The first kappa shape index (κ1) is 16.2. The van der Waals surface area contributed by atoms with Gasteiger partial charge in [0, 0.05) is 23.2 Å². The van der Waals surface area contributed by atoms with Gasteiger partial charge >= 0.3 is 0 Å². The van der Waals surface area contributed by atoms with Crippen LogP contribution in [-0.4, -0.2) is 34.7 Å². The van der Waals surface area contributed by atoms with Gasteiger partial charge < -0.3 is 5.32 Å². The van der Waals surface area contributed by atoms with Crippen LogP contribution in [0.5, 0.6) is 0 Å². The summed E-state index contributed by atoms with van der Waals surface area (Å²) in [6.45, 7) is 0. The van der Waals surface area contributed by atoms with Crippen molar-refractivity contribution in [3.8, 4) is 22.6 Å². The maximum Gasteiger partial charge on any atom is 0.300 e. The normalized spacial score (nSPS) is 22.1. The Morgan fingerprint density at radius 2 is 1.78 bits per heavy atom. The molecule has 0 aliphatic carbocycles. The number of anilines is 1. The molecule has 1 saturated heterocycles. The van der Waals surface area contributed by atoms with Gasteiger partial charge in [-0.25, -0.2) is 13.1 Å². The van der Waals surface area contributed by atoms with Crippen molar-refractivity contribution in [2.45, 2.75) is 12.1 Å². The molecule has 1 spiro atoms. The molecular formula is C19H16N4O3S. The molecule has 1 aromatic heterocycles. The topological polar surface area (TPSA) is 93.9 Å². The molecule has 136 valence electrons. The average Bonchev–Trinajstić information content (AvgIpc) is 2.97. The van der Waals surface area contributed by atoms with E-state index in [4.69, 9.17) is 0 Å². The largest absolute Gasteiger partial charge is 0.360 e. The van der Waals surface area contributed by atoms with Crippen LogP contribution in [-0.2, 0) is 15.5 Å². The Bertz CT molecular complexity index is 1220. The summed E-state index contributed by atoms with van der Waals surface area (Å²) in [7, 11) is -3.22.